The van der Waals surface area contributed by atoms with Gasteiger partial charge in [-0.2, -0.15) is 0 Å². The van der Waals surface area contributed by atoms with Crippen LogP contribution in [0.3, 0.4) is 0 Å². The van der Waals surface area contributed by atoms with Gasteiger partial charge >= 0.3 is 0 Å². The monoisotopic (exact) mass is 191 g/mol. The van der Waals surface area contributed by atoms with Gasteiger partial charge in [-0.3, -0.25) is 0 Å². The predicted octanol–water partition coefficient (Wildman–Crippen LogP) is 2.90. The maximum absolute atomic E-state index is 8.31. The molecule has 3 heteroatoms. The first-order chi connectivity index (χ1) is 6.42. The first-order valence-electron chi connectivity index (χ1n) is 4.03. The summed E-state index contributed by atoms with van der Waals surface area (Å²) in [5, 5.41) is 14.7. The molecule has 2 nitrogen and oxygen atoms in total. The van der Waals surface area contributed by atoms with Crippen molar-refractivity contribution in [1.29, 1.82) is 0 Å². The summed E-state index contributed by atoms with van der Waals surface area (Å²) >= 11 is 1.72. The van der Waals surface area contributed by atoms with Gasteiger partial charge in [0.2, 0.25) is 0 Å². The summed E-state index contributed by atoms with van der Waals surface area (Å²) in [6.45, 7) is 0. The zero-order valence-electron chi connectivity index (χ0n) is 6.97. The molecule has 0 aliphatic rings. The van der Waals surface area contributed by atoms with Crippen LogP contribution in [0.15, 0.2) is 34.8 Å². The second kappa shape index (κ2) is 3.58. The van der Waals surface area contributed by atoms with Crippen LogP contribution in [0.2, 0.25) is 0 Å². The molecule has 13 heavy (non-hydrogen) atoms. The Hall–Kier alpha value is -1.35. The van der Waals surface area contributed by atoms with E-state index < -0.39 is 0 Å². The summed E-state index contributed by atoms with van der Waals surface area (Å²) in [7, 11) is 0. The van der Waals surface area contributed by atoms with Crippen LogP contribution < -0.4 is 0 Å². The second-order valence-electron chi connectivity index (χ2n) is 2.76. The molecule has 1 heterocycles. The molecule has 0 bridgehead atoms. The number of rotatable bonds is 2. The molecule has 0 saturated heterocycles. The first-order valence-corrected chi connectivity index (χ1v) is 4.91. The van der Waals surface area contributed by atoms with E-state index in [9.17, 15) is 0 Å². The molecular formula is C10H9NOS. The number of benzene rings is 1. The van der Waals surface area contributed by atoms with Gasteiger partial charge in [0.05, 0.1) is 0 Å². The summed E-state index contributed by atoms with van der Waals surface area (Å²) in [4.78, 5) is 0. The zero-order valence-corrected chi connectivity index (χ0v) is 7.79. The maximum Gasteiger partial charge on any atom is 0.0480 e. The van der Waals surface area contributed by atoms with Crippen LogP contribution in [-0.2, 0) is 6.42 Å². The second-order valence-corrected chi connectivity index (χ2v) is 3.67. The average molecular weight is 191 g/mol. The van der Waals surface area contributed by atoms with Crippen molar-refractivity contribution in [2.24, 2.45) is 5.16 Å². The molecule has 0 aliphatic heterocycles. The SMILES string of the molecule is O/N=C/Cc1csc2ccccc12. The van der Waals surface area contributed by atoms with E-state index in [1.54, 1.807) is 11.3 Å². The highest BCUT2D eigenvalue weighted by atomic mass is 32.1. The Kier molecular flexibility index (Phi) is 2.27. The minimum absolute atomic E-state index is 0.695. The van der Waals surface area contributed by atoms with Crippen molar-refractivity contribution in [2.75, 3.05) is 0 Å². The van der Waals surface area contributed by atoms with Gasteiger partial charge in [0.25, 0.3) is 0 Å². The minimum Gasteiger partial charge on any atom is -0.411 e. The van der Waals surface area contributed by atoms with Crippen molar-refractivity contribution in [1.82, 2.24) is 0 Å². The molecule has 0 spiro atoms. The molecule has 1 aromatic heterocycles. The lowest BCUT2D eigenvalue weighted by Crippen LogP contribution is -1.82. The molecular weight excluding hydrogens is 182 g/mol. The van der Waals surface area contributed by atoms with Crippen molar-refractivity contribution in [2.45, 2.75) is 6.42 Å². The van der Waals surface area contributed by atoms with Crippen molar-refractivity contribution in [3.63, 3.8) is 0 Å². The van der Waals surface area contributed by atoms with E-state index in [-0.39, 0.29) is 0 Å². The Morgan fingerprint density at radius 3 is 3.08 bits per heavy atom. The van der Waals surface area contributed by atoms with Gasteiger partial charge in [-0.05, 0) is 22.4 Å². The molecule has 1 aromatic carbocycles. The van der Waals surface area contributed by atoms with E-state index in [2.05, 4.69) is 22.7 Å². The third-order valence-electron chi connectivity index (χ3n) is 1.95. The van der Waals surface area contributed by atoms with Crippen molar-refractivity contribution < 1.29 is 5.21 Å². The van der Waals surface area contributed by atoms with Crippen LogP contribution in [0.4, 0.5) is 0 Å². The Labute approximate surface area is 80.1 Å². The van der Waals surface area contributed by atoms with Gasteiger partial charge in [-0.15, -0.1) is 16.5 Å². The molecule has 0 unspecified atom stereocenters. The van der Waals surface area contributed by atoms with E-state index in [0.29, 0.717) is 6.42 Å². The quantitative estimate of drug-likeness (QED) is 0.442. The van der Waals surface area contributed by atoms with E-state index >= 15 is 0 Å². The van der Waals surface area contributed by atoms with Gasteiger partial charge in [0, 0.05) is 17.3 Å². The third kappa shape index (κ3) is 1.55. The normalized spacial score (nSPS) is 11.4. The van der Waals surface area contributed by atoms with Crippen LogP contribution >= 0.6 is 11.3 Å². The van der Waals surface area contributed by atoms with E-state index in [4.69, 9.17) is 5.21 Å². The maximum atomic E-state index is 8.31. The number of oxime groups is 1. The number of hydrogen-bond acceptors (Lipinski definition) is 3. The summed E-state index contributed by atoms with van der Waals surface area (Å²) < 4.78 is 1.28. The molecule has 2 aromatic rings. The largest absolute Gasteiger partial charge is 0.411 e. The molecule has 0 atom stereocenters. The van der Waals surface area contributed by atoms with Crippen LogP contribution in [0, 0.1) is 0 Å². The number of fused-ring (bicyclic) bond motifs is 1. The van der Waals surface area contributed by atoms with Crippen LogP contribution in [0.25, 0.3) is 10.1 Å². The van der Waals surface area contributed by atoms with Crippen LogP contribution in [-0.4, -0.2) is 11.4 Å². The highest BCUT2D eigenvalue weighted by Crippen LogP contribution is 2.25. The smallest absolute Gasteiger partial charge is 0.0480 e. The highest BCUT2D eigenvalue weighted by Gasteiger charge is 2.00. The fourth-order valence-electron chi connectivity index (χ4n) is 1.33. The summed E-state index contributed by atoms with van der Waals surface area (Å²) in [5.41, 5.74) is 1.22. The average Bonchev–Trinajstić information content (AvgIpc) is 2.58. The van der Waals surface area contributed by atoms with Crippen molar-refractivity contribution >= 4 is 27.6 Å². The van der Waals surface area contributed by atoms with Gasteiger partial charge in [-0.1, -0.05) is 18.2 Å². The topological polar surface area (TPSA) is 32.6 Å². The highest BCUT2D eigenvalue weighted by molar-refractivity contribution is 7.17. The van der Waals surface area contributed by atoms with Crippen molar-refractivity contribution in [3.05, 3.63) is 35.2 Å². The van der Waals surface area contributed by atoms with Crippen LogP contribution in [0.5, 0.6) is 0 Å². The molecule has 0 radical (unpaired) electrons. The van der Waals surface area contributed by atoms with E-state index in [1.165, 1.54) is 21.9 Å². The van der Waals surface area contributed by atoms with Gasteiger partial charge < -0.3 is 5.21 Å². The summed E-state index contributed by atoms with van der Waals surface area (Å²) in [5.74, 6) is 0. The van der Waals surface area contributed by atoms with Gasteiger partial charge in [-0.25, -0.2) is 0 Å². The van der Waals surface area contributed by atoms with Gasteiger partial charge in [0.15, 0.2) is 0 Å². The third-order valence-corrected chi connectivity index (χ3v) is 2.97. The van der Waals surface area contributed by atoms with Gasteiger partial charge in [0.1, 0.15) is 0 Å². The molecule has 0 amide bonds. The Morgan fingerprint density at radius 1 is 1.38 bits per heavy atom. The number of hydrogen-bond donors (Lipinski definition) is 1. The van der Waals surface area contributed by atoms with E-state index in [1.807, 2.05) is 12.1 Å². The number of thiophene rings is 1. The van der Waals surface area contributed by atoms with E-state index in [0.717, 1.165) is 0 Å². The Balaban J connectivity index is 2.45. The minimum atomic E-state index is 0.695. The predicted molar refractivity (Wildman–Crippen MR) is 55.8 cm³/mol. The molecule has 0 aliphatic carbocycles. The summed E-state index contributed by atoms with van der Waals surface area (Å²) in [6, 6.07) is 8.24. The Bertz CT molecular complexity index is 433. The lowest BCUT2D eigenvalue weighted by molar-refractivity contribution is 0.321. The molecule has 0 saturated carbocycles. The molecule has 66 valence electrons. The summed E-state index contributed by atoms with van der Waals surface area (Å²) in [6.07, 6.45) is 2.20. The fourth-order valence-corrected chi connectivity index (χ4v) is 2.31. The Morgan fingerprint density at radius 2 is 2.23 bits per heavy atom. The lowest BCUT2D eigenvalue weighted by Gasteiger charge is -1.91. The lowest BCUT2D eigenvalue weighted by atomic mass is 10.1. The fraction of sp³-hybridized carbons (Fsp3) is 0.100. The molecule has 0 fully saturated rings. The molecule has 1 N–H and O–H groups in total. The molecule has 2 rings (SSSR count). The standard InChI is InChI=1S/C10H9NOS/c12-11-6-5-8-7-13-10-4-2-1-3-9(8)10/h1-4,6-7,12H,5H2/b11-6+. The first kappa shape index (κ1) is 8.26. The van der Waals surface area contributed by atoms with Crippen LogP contribution in [0.1, 0.15) is 5.56 Å². The zero-order chi connectivity index (χ0) is 9.10. The number of nitrogens with zero attached hydrogens (tertiary/aromatic N) is 1. The van der Waals surface area contributed by atoms with Crippen molar-refractivity contribution in [3.8, 4) is 0 Å².